The molecule has 3 aromatic rings. The molecule has 0 unspecified atom stereocenters. The third kappa shape index (κ3) is 4.27. The van der Waals surface area contributed by atoms with Crippen LogP contribution in [0, 0.1) is 0 Å². The zero-order valence-corrected chi connectivity index (χ0v) is 16.5. The molecule has 1 aliphatic rings. The van der Waals surface area contributed by atoms with Crippen molar-refractivity contribution >= 4 is 34.1 Å². The molecule has 27 heavy (non-hydrogen) atoms. The van der Waals surface area contributed by atoms with Crippen molar-refractivity contribution in [1.29, 1.82) is 0 Å². The largest absolute Gasteiger partial charge is 0.387 e. The Hall–Kier alpha value is -1.65. The number of aliphatic hydroxyl groups excluding tert-OH is 1. The molecule has 2 heterocycles. The first kappa shape index (κ1) is 18.7. The molecule has 1 saturated heterocycles. The van der Waals surface area contributed by atoms with Gasteiger partial charge in [0.05, 0.1) is 17.3 Å². The Balaban J connectivity index is 1.75. The van der Waals surface area contributed by atoms with E-state index in [-0.39, 0.29) is 0 Å². The van der Waals surface area contributed by atoms with E-state index in [9.17, 15) is 5.11 Å². The zero-order valence-electron chi connectivity index (χ0n) is 15.0. The molecule has 1 atom stereocenters. The Morgan fingerprint density at radius 1 is 0.926 bits per heavy atom. The summed E-state index contributed by atoms with van der Waals surface area (Å²) < 4.78 is 0. The molecule has 0 radical (unpaired) electrons. The fourth-order valence-corrected chi connectivity index (χ4v) is 4.05. The minimum absolute atomic E-state index is 0.569. The van der Waals surface area contributed by atoms with Crippen LogP contribution in [0.2, 0.25) is 10.0 Å². The van der Waals surface area contributed by atoms with Gasteiger partial charge >= 0.3 is 0 Å². The second-order valence-electron chi connectivity index (χ2n) is 7.14. The minimum Gasteiger partial charge on any atom is -0.387 e. The van der Waals surface area contributed by atoms with E-state index in [4.69, 9.17) is 28.2 Å². The number of fused-ring (bicyclic) bond motifs is 1. The number of hydrogen-bond donors (Lipinski definition) is 1. The number of β-amino-alcohol motifs (C(OH)–C–C–N with tert-alkyl or cyclic N) is 1. The van der Waals surface area contributed by atoms with Gasteiger partial charge in [0.2, 0.25) is 0 Å². The lowest BCUT2D eigenvalue weighted by atomic mass is 9.99. The Morgan fingerprint density at radius 3 is 2.37 bits per heavy atom. The molecule has 5 heteroatoms. The van der Waals surface area contributed by atoms with Crippen LogP contribution in [0.3, 0.4) is 0 Å². The molecule has 1 aliphatic heterocycles. The topological polar surface area (TPSA) is 36.4 Å². The smallest absolute Gasteiger partial charge is 0.0924 e. The molecule has 140 valence electrons. The van der Waals surface area contributed by atoms with Gasteiger partial charge in [-0.25, -0.2) is 4.98 Å². The van der Waals surface area contributed by atoms with Gasteiger partial charge in [0.15, 0.2) is 0 Å². The van der Waals surface area contributed by atoms with Crippen LogP contribution in [-0.4, -0.2) is 34.6 Å². The maximum atomic E-state index is 11.0. The van der Waals surface area contributed by atoms with Crippen molar-refractivity contribution in [1.82, 2.24) is 9.88 Å². The Kier molecular flexibility index (Phi) is 5.65. The normalized spacial score (nSPS) is 16.6. The summed E-state index contributed by atoms with van der Waals surface area (Å²) in [5.74, 6) is 0. The van der Waals surface area contributed by atoms with Crippen molar-refractivity contribution in [3.8, 4) is 11.3 Å². The summed E-state index contributed by atoms with van der Waals surface area (Å²) in [6.07, 6.45) is 3.12. The SMILES string of the molecule is O[C@@H](CN1CCCCC1)c1cc(-c2ccc(Cl)cc2)nc2cc(Cl)ccc12. The fraction of sp³-hybridized carbons (Fsp3) is 0.318. The molecule has 0 saturated carbocycles. The van der Waals surface area contributed by atoms with Gasteiger partial charge in [-0.1, -0.05) is 47.8 Å². The monoisotopic (exact) mass is 400 g/mol. The van der Waals surface area contributed by atoms with Crippen molar-refractivity contribution in [3.63, 3.8) is 0 Å². The molecule has 0 amide bonds. The third-order valence-electron chi connectivity index (χ3n) is 5.18. The third-order valence-corrected chi connectivity index (χ3v) is 5.67. The highest BCUT2D eigenvalue weighted by Crippen LogP contribution is 2.31. The maximum absolute atomic E-state index is 11.0. The van der Waals surface area contributed by atoms with Crippen LogP contribution in [0.15, 0.2) is 48.5 Å². The van der Waals surface area contributed by atoms with E-state index >= 15 is 0 Å². The molecule has 0 spiro atoms. The van der Waals surface area contributed by atoms with Crippen LogP contribution in [0.4, 0.5) is 0 Å². The van der Waals surface area contributed by atoms with Gasteiger partial charge < -0.3 is 10.0 Å². The summed E-state index contributed by atoms with van der Waals surface area (Å²) in [7, 11) is 0. The Morgan fingerprint density at radius 2 is 1.63 bits per heavy atom. The summed E-state index contributed by atoms with van der Waals surface area (Å²) in [6.45, 7) is 2.74. The van der Waals surface area contributed by atoms with Crippen molar-refractivity contribution in [3.05, 3.63) is 64.1 Å². The molecular weight excluding hydrogens is 379 g/mol. The summed E-state index contributed by atoms with van der Waals surface area (Å²) in [4.78, 5) is 7.12. The lowest BCUT2D eigenvalue weighted by Crippen LogP contribution is -2.33. The number of pyridine rings is 1. The predicted molar refractivity (Wildman–Crippen MR) is 112 cm³/mol. The predicted octanol–water partition coefficient (Wildman–Crippen LogP) is 5.73. The van der Waals surface area contributed by atoms with Gasteiger partial charge in [0.25, 0.3) is 0 Å². The molecule has 1 fully saturated rings. The standard InChI is InChI=1S/C22H22Cl2N2O/c23-16-6-4-15(5-7-16)20-13-19(18-9-8-17(24)12-21(18)25-20)22(27)14-26-10-2-1-3-11-26/h4-9,12-13,22,27H,1-3,10-11,14H2/t22-/m0/s1. The molecule has 2 aromatic carbocycles. The van der Waals surface area contributed by atoms with E-state index in [1.165, 1.54) is 19.3 Å². The number of nitrogens with zero attached hydrogens (tertiary/aromatic N) is 2. The first-order valence-electron chi connectivity index (χ1n) is 9.37. The number of piperidine rings is 1. The van der Waals surface area contributed by atoms with Gasteiger partial charge in [-0.05, 0) is 61.8 Å². The van der Waals surface area contributed by atoms with E-state index in [1.54, 1.807) is 0 Å². The van der Waals surface area contributed by atoms with Crippen LogP contribution in [0.1, 0.15) is 30.9 Å². The van der Waals surface area contributed by atoms with Crippen molar-refractivity contribution in [2.75, 3.05) is 19.6 Å². The number of benzene rings is 2. The lowest BCUT2D eigenvalue weighted by molar-refractivity contribution is 0.102. The molecule has 1 N–H and O–H groups in total. The number of aromatic nitrogens is 1. The second-order valence-corrected chi connectivity index (χ2v) is 8.02. The lowest BCUT2D eigenvalue weighted by Gasteiger charge is -2.29. The number of halogens is 2. The highest BCUT2D eigenvalue weighted by atomic mass is 35.5. The van der Waals surface area contributed by atoms with Crippen LogP contribution in [-0.2, 0) is 0 Å². The Labute approximate surface area is 169 Å². The number of hydrogen-bond acceptors (Lipinski definition) is 3. The van der Waals surface area contributed by atoms with Gasteiger partial charge in [-0.2, -0.15) is 0 Å². The first-order valence-corrected chi connectivity index (χ1v) is 10.1. The summed E-state index contributed by atoms with van der Waals surface area (Å²) in [5, 5.41) is 13.3. The number of rotatable bonds is 4. The quantitative estimate of drug-likeness (QED) is 0.607. The second kappa shape index (κ2) is 8.15. The van der Waals surface area contributed by atoms with Crippen molar-refractivity contribution in [2.24, 2.45) is 0 Å². The van der Waals surface area contributed by atoms with Crippen molar-refractivity contribution < 1.29 is 5.11 Å². The highest BCUT2D eigenvalue weighted by Gasteiger charge is 2.19. The maximum Gasteiger partial charge on any atom is 0.0924 e. The number of likely N-dealkylation sites (tertiary alicyclic amines) is 1. The van der Waals surface area contributed by atoms with Crippen LogP contribution in [0.5, 0.6) is 0 Å². The van der Waals surface area contributed by atoms with E-state index in [2.05, 4.69) is 4.90 Å². The van der Waals surface area contributed by atoms with E-state index in [1.807, 2.05) is 48.5 Å². The molecule has 0 aliphatic carbocycles. The summed E-state index contributed by atoms with van der Waals surface area (Å²) in [5.41, 5.74) is 3.47. The highest BCUT2D eigenvalue weighted by molar-refractivity contribution is 6.31. The molecular formula is C22H22Cl2N2O. The fourth-order valence-electron chi connectivity index (χ4n) is 3.76. The van der Waals surface area contributed by atoms with Crippen molar-refractivity contribution in [2.45, 2.75) is 25.4 Å². The van der Waals surface area contributed by atoms with Crippen LogP contribution >= 0.6 is 23.2 Å². The van der Waals surface area contributed by atoms with Gasteiger partial charge in [-0.15, -0.1) is 0 Å². The molecule has 1 aromatic heterocycles. The van der Waals surface area contributed by atoms with E-state index in [0.717, 1.165) is 40.8 Å². The van der Waals surface area contributed by atoms with E-state index < -0.39 is 6.10 Å². The average molecular weight is 401 g/mol. The molecule has 0 bridgehead atoms. The molecule has 3 nitrogen and oxygen atoms in total. The van der Waals surface area contributed by atoms with Crippen LogP contribution < -0.4 is 0 Å². The Bertz CT molecular complexity index is 937. The van der Waals surface area contributed by atoms with Gasteiger partial charge in [-0.3, -0.25) is 0 Å². The van der Waals surface area contributed by atoms with E-state index in [0.29, 0.717) is 16.6 Å². The summed E-state index contributed by atoms with van der Waals surface area (Å²) >= 11 is 12.2. The molecule has 4 rings (SSSR count). The first-order chi connectivity index (χ1) is 13.1. The summed E-state index contributed by atoms with van der Waals surface area (Å²) in [6, 6.07) is 15.2. The number of aliphatic hydroxyl groups is 1. The average Bonchev–Trinajstić information content (AvgIpc) is 2.68. The van der Waals surface area contributed by atoms with Crippen LogP contribution in [0.25, 0.3) is 22.2 Å². The van der Waals surface area contributed by atoms with Gasteiger partial charge in [0, 0.05) is 27.5 Å². The minimum atomic E-state index is -0.569. The van der Waals surface area contributed by atoms with Gasteiger partial charge in [0.1, 0.15) is 0 Å². The zero-order chi connectivity index (χ0) is 18.8.